The summed E-state index contributed by atoms with van der Waals surface area (Å²) in [5.41, 5.74) is 0. The van der Waals surface area contributed by atoms with Gasteiger partial charge in [0.2, 0.25) is 11.8 Å². The van der Waals surface area contributed by atoms with Crippen LogP contribution >= 0.6 is 0 Å². The molecular formula is C86H160N2O21. The van der Waals surface area contributed by atoms with Crippen molar-refractivity contribution in [3.63, 3.8) is 0 Å². The summed E-state index contributed by atoms with van der Waals surface area (Å²) in [6.45, 7) is 2.20. The van der Waals surface area contributed by atoms with Crippen molar-refractivity contribution in [1.82, 2.24) is 10.6 Å². The third-order valence-electron chi connectivity index (χ3n) is 22.4. The van der Waals surface area contributed by atoms with E-state index in [1.54, 1.807) is 6.08 Å². The van der Waals surface area contributed by atoms with Crippen molar-refractivity contribution >= 4 is 17.8 Å². The van der Waals surface area contributed by atoms with Gasteiger partial charge in [0, 0.05) is 19.8 Å². The lowest BCUT2D eigenvalue weighted by atomic mass is 9.88. The molecule has 0 aliphatic carbocycles. The van der Waals surface area contributed by atoms with Gasteiger partial charge in [-0.25, -0.2) is 4.79 Å². The van der Waals surface area contributed by atoms with E-state index in [1.165, 1.54) is 276 Å². The summed E-state index contributed by atoms with van der Waals surface area (Å²) >= 11 is 0. The lowest BCUT2D eigenvalue weighted by Gasteiger charge is -2.50. The summed E-state index contributed by atoms with van der Waals surface area (Å²) in [5, 5.41) is 137. The van der Waals surface area contributed by atoms with E-state index >= 15 is 0 Å². The lowest BCUT2D eigenvalue weighted by molar-refractivity contribution is -0.386. The van der Waals surface area contributed by atoms with Gasteiger partial charge in [-0.2, -0.15) is 0 Å². The first-order valence-electron chi connectivity index (χ1n) is 44.2. The number of aliphatic carboxylic acids is 1. The summed E-state index contributed by atoms with van der Waals surface area (Å²) < 4.78 is 34.9. The van der Waals surface area contributed by atoms with Gasteiger partial charge < -0.3 is 100 Å². The first-order valence-corrected chi connectivity index (χ1v) is 44.2. The predicted octanol–water partition coefficient (Wildman–Crippen LogP) is 13.5. The average molecular weight is 1560 g/mol. The Morgan fingerprint density at radius 2 is 0.862 bits per heavy atom. The third kappa shape index (κ3) is 43.7. The Bertz CT molecular complexity index is 2250. The van der Waals surface area contributed by atoms with Crippen molar-refractivity contribution in [1.29, 1.82) is 0 Å². The van der Waals surface area contributed by atoms with Crippen molar-refractivity contribution in [2.45, 2.75) is 477 Å². The minimum atomic E-state index is -3.08. The van der Waals surface area contributed by atoms with Gasteiger partial charge in [-0.05, 0) is 44.9 Å². The molecule has 3 aliphatic heterocycles. The number of rotatable bonds is 71. The van der Waals surface area contributed by atoms with E-state index < -0.39 is 155 Å². The van der Waals surface area contributed by atoms with E-state index in [4.69, 9.17) is 28.4 Å². The van der Waals surface area contributed by atoms with Gasteiger partial charge in [-0.1, -0.05) is 327 Å². The number of amides is 2. The molecule has 0 aromatic carbocycles. The summed E-state index contributed by atoms with van der Waals surface area (Å²) in [5.74, 6) is -6.13. The minimum absolute atomic E-state index is 0.204. The van der Waals surface area contributed by atoms with Gasteiger partial charge in [0.1, 0.15) is 67.1 Å². The zero-order valence-corrected chi connectivity index (χ0v) is 68.2. The van der Waals surface area contributed by atoms with Crippen LogP contribution in [0.4, 0.5) is 0 Å². The fourth-order valence-corrected chi connectivity index (χ4v) is 15.4. The van der Waals surface area contributed by atoms with Crippen LogP contribution in [0, 0.1) is 0 Å². The Labute approximate surface area is 657 Å². The lowest BCUT2D eigenvalue weighted by Crippen LogP contribution is -2.70. The molecule has 3 heterocycles. The van der Waals surface area contributed by atoms with Crippen molar-refractivity contribution in [3.8, 4) is 0 Å². The number of aliphatic hydroxyl groups is 11. The summed E-state index contributed by atoms with van der Waals surface area (Å²) in [4.78, 5) is 38.7. The van der Waals surface area contributed by atoms with Gasteiger partial charge in [0.15, 0.2) is 12.6 Å². The minimum Gasteiger partial charge on any atom is -0.477 e. The van der Waals surface area contributed by atoms with Crippen LogP contribution in [-0.2, 0) is 42.8 Å². The van der Waals surface area contributed by atoms with E-state index in [0.29, 0.717) is 12.8 Å². The number of aliphatic hydroxyl groups excluding tert-OH is 11. The summed E-state index contributed by atoms with van der Waals surface area (Å²) in [6.07, 6.45) is 45.3. The molecule has 23 nitrogen and oxygen atoms in total. The molecule has 23 heteroatoms. The van der Waals surface area contributed by atoms with Crippen LogP contribution in [0.1, 0.15) is 367 Å². The second-order valence-corrected chi connectivity index (χ2v) is 32.1. The van der Waals surface area contributed by atoms with E-state index in [2.05, 4.69) is 36.6 Å². The highest BCUT2D eigenvalue weighted by atomic mass is 16.8. The fraction of sp³-hybridized carbons (Fsp3) is 0.919. The van der Waals surface area contributed by atoms with Crippen molar-refractivity contribution < 1.29 is 104 Å². The monoisotopic (exact) mass is 1560 g/mol. The van der Waals surface area contributed by atoms with Crippen molar-refractivity contribution in [2.24, 2.45) is 0 Å². The summed E-state index contributed by atoms with van der Waals surface area (Å²) in [7, 11) is 0. The highest BCUT2D eigenvalue weighted by Crippen LogP contribution is 2.39. The molecule has 0 aromatic heterocycles. The van der Waals surface area contributed by atoms with Crippen LogP contribution in [0.25, 0.3) is 0 Å². The number of carbonyl (C=O) groups excluding carboxylic acids is 2. The van der Waals surface area contributed by atoms with Crippen LogP contribution in [-0.4, -0.2) is 215 Å². The Balaban J connectivity index is 1.42. The molecule has 14 N–H and O–H groups in total. The maximum absolute atomic E-state index is 13.6. The smallest absolute Gasteiger partial charge is 0.364 e. The van der Waals surface area contributed by atoms with Gasteiger partial charge >= 0.3 is 5.97 Å². The van der Waals surface area contributed by atoms with Gasteiger partial charge in [-0.15, -0.1) is 0 Å². The van der Waals surface area contributed by atoms with Crippen LogP contribution in [0.3, 0.4) is 0 Å². The molecule has 3 aliphatic rings. The Kier molecular flexibility index (Phi) is 59.3. The standard InChI is InChI=1S/C86H160N2O21/c1-4-6-8-10-12-14-16-18-20-22-24-25-26-27-28-29-30-31-32-33-34-35-36-37-38-39-40-41-42-44-46-48-50-52-54-56-58-60-73(96)88-67(68(93)59-57-55-53-51-49-47-45-43-23-21-19-17-15-13-11-9-7-5-2)65-104-83-78(100)77(99)80(72(64-91)106-83)107-84-79(101)82(76(98)71(63-90)105-84)109-86(85(102)103)61-69(94)74(87-66(3)92)81(108-86)75(97)70(95)62-89/h31-32,57,59,67-72,74-84,89-91,93-95,97-101H,4-30,33-56,58,60-65H2,1-3H3,(H,87,92)(H,88,96)(H,102,103)/b32-31-,59-57+. The Morgan fingerprint density at radius 3 is 1.25 bits per heavy atom. The second kappa shape index (κ2) is 64.4. The SMILES string of the molecule is CCCCCCCCCCCCCCCCCC/C=C\CCCCCCCCCCCCCCCCCCCC(=O)NC(COC1OC(CO)C(OC2OC(CO)C(O)C(OC3(C(=O)O)CC(O)C(NC(C)=O)C(C(O)C(O)CO)O3)C2O)C(O)C1O)C(O)/C=C/CCCCCCCCCCCCCCCCCC. The fourth-order valence-electron chi connectivity index (χ4n) is 15.4. The molecule has 0 radical (unpaired) electrons. The number of hydrogen-bond acceptors (Lipinski definition) is 20. The molecule has 0 bridgehead atoms. The number of hydrogen-bond donors (Lipinski definition) is 14. The van der Waals surface area contributed by atoms with E-state index in [9.17, 15) is 75.7 Å². The van der Waals surface area contributed by atoms with E-state index in [1.807, 2.05) is 6.08 Å². The third-order valence-corrected chi connectivity index (χ3v) is 22.4. The van der Waals surface area contributed by atoms with Crippen molar-refractivity contribution in [2.75, 3.05) is 26.4 Å². The zero-order valence-electron chi connectivity index (χ0n) is 68.2. The van der Waals surface area contributed by atoms with E-state index in [0.717, 1.165) is 51.9 Å². The molecule has 3 rings (SSSR count). The topological polar surface area (TPSA) is 373 Å². The second-order valence-electron chi connectivity index (χ2n) is 32.1. The number of carboxylic acid groups (broad SMARTS) is 1. The normalized spacial score (nSPS) is 25.8. The number of allylic oxidation sites excluding steroid dienone is 3. The highest BCUT2D eigenvalue weighted by molar-refractivity contribution is 5.77. The predicted molar refractivity (Wildman–Crippen MR) is 426 cm³/mol. The molecule has 0 spiro atoms. The molecular weight excluding hydrogens is 1400 g/mol. The Hall–Kier alpha value is -2.79. The number of ether oxygens (including phenoxy) is 6. The van der Waals surface area contributed by atoms with Crippen LogP contribution in [0.5, 0.6) is 0 Å². The molecule has 2 amide bonds. The van der Waals surface area contributed by atoms with Crippen LogP contribution in [0.15, 0.2) is 24.3 Å². The molecule has 640 valence electrons. The first-order chi connectivity index (χ1) is 52.9. The van der Waals surface area contributed by atoms with Gasteiger partial charge in [-0.3, -0.25) is 9.59 Å². The van der Waals surface area contributed by atoms with Crippen LogP contribution in [0.2, 0.25) is 0 Å². The van der Waals surface area contributed by atoms with Gasteiger partial charge in [0.25, 0.3) is 5.79 Å². The van der Waals surface area contributed by atoms with E-state index in [-0.39, 0.29) is 12.3 Å². The largest absolute Gasteiger partial charge is 0.477 e. The first kappa shape index (κ1) is 100. The molecule has 109 heavy (non-hydrogen) atoms. The number of carbonyl (C=O) groups is 3. The van der Waals surface area contributed by atoms with Crippen molar-refractivity contribution in [3.05, 3.63) is 24.3 Å². The number of nitrogens with one attached hydrogen (secondary N) is 2. The molecule has 0 saturated carbocycles. The van der Waals surface area contributed by atoms with Gasteiger partial charge in [0.05, 0.1) is 50.7 Å². The maximum Gasteiger partial charge on any atom is 0.364 e. The van der Waals surface area contributed by atoms with Crippen LogP contribution < -0.4 is 10.6 Å². The zero-order chi connectivity index (χ0) is 79.5. The highest BCUT2D eigenvalue weighted by Gasteiger charge is 2.60. The quantitative estimate of drug-likeness (QED) is 0.0199. The molecule has 3 saturated heterocycles. The summed E-state index contributed by atoms with van der Waals surface area (Å²) in [6, 6.07) is -2.62. The molecule has 3 fully saturated rings. The average Bonchev–Trinajstić information content (AvgIpc) is 0.753. The number of carboxylic acids is 1. The number of unbranched alkanes of at least 4 members (excludes halogenated alkanes) is 49. The maximum atomic E-state index is 13.6. The Morgan fingerprint density at radius 1 is 0.477 bits per heavy atom. The molecule has 18 unspecified atom stereocenters. The molecule has 18 atom stereocenters. The molecule has 0 aromatic rings.